The number of benzene rings is 1. The van der Waals surface area contributed by atoms with Gasteiger partial charge < -0.3 is 0 Å². The Hall–Kier alpha value is -1.80. The summed E-state index contributed by atoms with van der Waals surface area (Å²) in [5.74, 6) is 0.0555. The second-order valence-corrected chi connectivity index (χ2v) is 3.86. The van der Waals surface area contributed by atoms with E-state index >= 15 is 0 Å². The zero-order valence-corrected chi connectivity index (χ0v) is 9.57. The summed E-state index contributed by atoms with van der Waals surface area (Å²) in [7, 11) is 0. The molecule has 5 heteroatoms. The van der Waals surface area contributed by atoms with Crippen molar-refractivity contribution in [2.75, 3.05) is 0 Å². The first-order valence-electron chi connectivity index (χ1n) is 4.39. The van der Waals surface area contributed by atoms with Crippen LogP contribution in [0.25, 0.3) is 11.4 Å². The van der Waals surface area contributed by atoms with Crippen molar-refractivity contribution in [1.29, 1.82) is 5.26 Å². The molecule has 1 aromatic carbocycles. The van der Waals surface area contributed by atoms with E-state index < -0.39 is 0 Å². The topological polar surface area (TPSA) is 49.6 Å². The molecule has 0 unspecified atom stereocenters. The molecule has 0 spiro atoms. The fourth-order valence-corrected chi connectivity index (χ4v) is 1.57. The first-order valence-corrected chi connectivity index (χ1v) is 5.18. The van der Waals surface area contributed by atoms with Crippen molar-refractivity contribution in [1.82, 2.24) is 9.97 Å². The van der Waals surface area contributed by atoms with Crippen molar-refractivity contribution >= 4 is 15.9 Å². The van der Waals surface area contributed by atoms with Crippen LogP contribution in [0.2, 0.25) is 0 Å². The minimum atomic E-state index is -0.347. The van der Waals surface area contributed by atoms with Crippen molar-refractivity contribution in [2.24, 2.45) is 0 Å². The molecule has 1 aromatic heterocycles. The van der Waals surface area contributed by atoms with E-state index in [9.17, 15) is 4.39 Å². The van der Waals surface area contributed by atoms with Crippen LogP contribution in [0, 0.1) is 17.1 Å². The second-order valence-electron chi connectivity index (χ2n) is 3.01. The number of aromatic nitrogens is 2. The van der Waals surface area contributed by atoms with Gasteiger partial charge in [-0.2, -0.15) is 5.26 Å². The lowest BCUT2D eigenvalue weighted by Gasteiger charge is -2.01. The van der Waals surface area contributed by atoms with Gasteiger partial charge in [0.05, 0.1) is 4.47 Å². The number of hydrogen-bond donors (Lipinski definition) is 0. The van der Waals surface area contributed by atoms with Gasteiger partial charge in [-0.1, -0.05) is 0 Å². The van der Waals surface area contributed by atoms with Crippen LogP contribution >= 0.6 is 15.9 Å². The third kappa shape index (κ3) is 2.07. The summed E-state index contributed by atoms with van der Waals surface area (Å²) in [6, 6.07) is 7.90. The lowest BCUT2D eigenvalue weighted by molar-refractivity contribution is 0.621. The molecule has 16 heavy (non-hydrogen) atoms. The van der Waals surface area contributed by atoms with E-state index in [1.54, 1.807) is 12.1 Å². The van der Waals surface area contributed by atoms with E-state index in [2.05, 4.69) is 25.9 Å². The molecule has 3 nitrogen and oxygen atoms in total. The third-order valence-electron chi connectivity index (χ3n) is 1.95. The standard InChI is InChI=1S/C11H5BrFN3/c12-9-5-7(1-2-10(9)13)11-15-4-3-8(6-14)16-11/h1-5H. The van der Waals surface area contributed by atoms with Gasteiger partial charge in [0.2, 0.25) is 0 Å². The molecule has 0 saturated carbocycles. The molecule has 0 bridgehead atoms. The summed E-state index contributed by atoms with van der Waals surface area (Å²) in [5.41, 5.74) is 0.941. The maximum Gasteiger partial charge on any atom is 0.160 e. The predicted octanol–water partition coefficient (Wildman–Crippen LogP) is 2.92. The number of nitriles is 1. The average molecular weight is 278 g/mol. The molecule has 0 radical (unpaired) electrons. The van der Waals surface area contributed by atoms with Crippen molar-refractivity contribution in [2.45, 2.75) is 0 Å². The van der Waals surface area contributed by atoms with Crippen molar-refractivity contribution in [3.05, 3.63) is 46.4 Å². The molecule has 1 heterocycles. The Balaban J connectivity index is 2.51. The van der Waals surface area contributed by atoms with Gasteiger partial charge in [-0.15, -0.1) is 0 Å². The number of hydrogen-bond acceptors (Lipinski definition) is 3. The Kier molecular flexibility index (Phi) is 2.93. The third-order valence-corrected chi connectivity index (χ3v) is 2.56. The number of rotatable bonds is 1. The Bertz CT molecular complexity index is 578. The highest BCUT2D eigenvalue weighted by atomic mass is 79.9. The normalized spacial score (nSPS) is 9.81. The predicted molar refractivity (Wildman–Crippen MR) is 59.8 cm³/mol. The van der Waals surface area contributed by atoms with Crippen molar-refractivity contribution in [3.8, 4) is 17.5 Å². The fraction of sp³-hybridized carbons (Fsp3) is 0. The minimum Gasteiger partial charge on any atom is -0.236 e. The van der Waals surface area contributed by atoms with Crippen LogP contribution in [0.4, 0.5) is 4.39 Å². The summed E-state index contributed by atoms with van der Waals surface area (Å²) in [6.07, 6.45) is 1.50. The van der Waals surface area contributed by atoms with Gasteiger partial charge in [0.25, 0.3) is 0 Å². The second kappa shape index (κ2) is 4.37. The van der Waals surface area contributed by atoms with Gasteiger partial charge >= 0.3 is 0 Å². The van der Waals surface area contributed by atoms with Gasteiger partial charge in [0.1, 0.15) is 17.6 Å². The van der Waals surface area contributed by atoms with E-state index in [4.69, 9.17) is 5.26 Å². The Morgan fingerprint density at radius 2 is 2.12 bits per heavy atom. The lowest BCUT2D eigenvalue weighted by Crippen LogP contribution is -1.91. The maximum atomic E-state index is 13.0. The first-order chi connectivity index (χ1) is 7.70. The highest BCUT2D eigenvalue weighted by Gasteiger charge is 2.05. The number of halogens is 2. The molecular weight excluding hydrogens is 273 g/mol. The highest BCUT2D eigenvalue weighted by molar-refractivity contribution is 9.10. The van der Waals surface area contributed by atoms with Crippen molar-refractivity contribution in [3.63, 3.8) is 0 Å². The van der Waals surface area contributed by atoms with Gasteiger partial charge in [-0.05, 0) is 40.2 Å². The van der Waals surface area contributed by atoms with Crippen LogP contribution in [0.5, 0.6) is 0 Å². The van der Waals surface area contributed by atoms with E-state index in [0.29, 0.717) is 15.9 Å². The SMILES string of the molecule is N#Cc1ccnc(-c2ccc(F)c(Br)c2)n1. The first kappa shape index (κ1) is 10.7. The molecule has 0 aliphatic rings. The summed E-state index contributed by atoms with van der Waals surface area (Å²) in [4.78, 5) is 8.04. The summed E-state index contributed by atoms with van der Waals surface area (Å²) in [5, 5.41) is 8.70. The summed E-state index contributed by atoms with van der Waals surface area (Å²) >= 11 is 3.08. The van der Waals surface area contributed by atoms with E-state index in [0.717, 1.165) is 0 Å². The average Bonchev–Trinajstić information content (AvgIpc) is 2.33. The Morgan fingerprint density at radius 3 is 2.81 bits per heavy atom. The van der Waals surface area contributed by atoms with Gasteiger partial charge in [0.15, 0.2) is 5.82 Å². The Labute approximate surface area is 99.7 Å². The molecule has 0 amide bonds. The maximum absolute atomic E-state index is 13.0. The molecule has 0 aliphatic carbocycles. The molecule has 2 aromatic rings. The molecule has 78 valence electrons. The van der Waals surface area contributed by atoms with Crippen LogP contribution in [-0.2, 0) is 0 Å². The molecule has 0 saturated heterocycles. The Morgan fingerprint density at radius 1 is 1.31 bits per heavy atom. The van der Waals surface area contributed by atoms with Crippen LogP contribution in [0.3, 0.4) is 0 Å². The van der Waals surface area contributed by atoms with Crippen LogP contribution in [-0.4, -0.2) is 9.97 Å². The summed E-state index contributed by atoms with van der Waals surface area (Å²) < 4.78 is 13.4. The lowest BCUT2D eigenvalue weighted by atomic mass is 10.2. The smallest absolute Gasteiger partial charge is 0.160 e. The fourth-order valence-electron chi connectivity index (χ4n) is 1.20. The van der Waals surface area contributed by atoms with Crippen LogP contribution < -0.4 is 0 Å². The monoisotopic (exact) mass is 277 g/mol. The van der Waals surface area contributed by atoms with Gasteiger partial charge in [-0.25, -0.2) is 14.4 Å². The molecule has 0 fully saturated rings. The van der Waals surface area contributed by atoms with Gasteiger partial charge in [-0.3, -0.25) is 0 Å². The largest absolute Gasteiger partial charge is 0.236 e. The molecule has 2 rings (SSSR count). The molecule has 0 aliphatic heterocycles. The summed E-state index contributed by atoms with van der Waals surface area (Å²) in [6.45, 7) is 0. The molecular formula is C11H5BrFN3. The molecule has 0 atom stereocenters. The zero-order valence-electron chi connectivity index (χ0n) is 7.98. The quantitative estimate of drug-likeness (QED) is 0.805. The van der Waals surface area contributed by atoms with Crippen molar-refractivity contribution < 1.29 is 4.39 Å². The molecule has 0 N–H and O–H groups in total. The zero-order chi connectivity index (χ0) is 11.5. The number of nitrogens with zero attached hydrogens (tertiary/aromatic N) is 3. The van der Waals surface area contributed by atoms with Crippen LogP contribution in [0.1, 0.15) is 5.69 Å². The minimum absolute atomic E-state index is 0.283. The highest BCUT2D eigenvalue weighted by Crippen LogP contribution is 2.22. The van der Waals surface area contributed by atoms with Gasteiger partial charge in [0, 0.05) is 11.8 Å². The van der Waals surface area contributed by atoms with Crippen LogP contribution in [0.15, 0.2) is 34.9 Å². The van der Waals surface area contributed by atoms with E-state index in [1.807, 2.05) is 6.07 Å². The van der Waals surface area contributed by atoms with E-state index in [1.165, 1.54) is 18.3 Å². The van der Waals surface area contributed by atoms with E-state index in [-0.39, 0.29) is 11.5 Å².